The Kier molecular flexibility index (Phi) is 9.76. The van der Waals surface area contributed by atoms with Crippen LogP contribution < -0.4 is 9.62 Å². The number of hydrogen-bond acceptors (Lipinski definition) is 5. The molecular weight excluding hydrogens is 508 g/mol. The maximum Gasteiger partial charge on any atom is 0.264 e. The molecule has 0 aliphatic carbocycles. The van der Waals surface area contributed by atoms with Crippen molar-refractivity contribution in [2.24, 2.45) is 0 Å². The van der Waals surface area contributed by atoms with Crippen LogP contribution in [0.4, 0.5) is 5.69 Å². The van der Waals surface area contributed by atoms with Crippen LogP contribution in [0.2, 0.25) is 5.02 Å². The number of nitrogens with one attached hydrogen (secondary N) is 1. The first-order chi connectivity index (χ1) is 16.3. The molecule has 5 nitrogen and oxygen atoms in total. The Morgan fingerprint density at radius 1 is 0.971 bits per heavy atom. The van der Waals surface area contributed by atoms with Crippen LogP contribution in [0, 0.1) is 0 Å². The molecule has 1 amide bonds. The predicted molar refractivity (Wildman–Crippen MR) is 145 cm³/mol. The summed E-state index contributed by atoms with van der Waals surface area (Å²) >= 11 is 9.18. The molecule has 0 aliphatic rings. The van der Waals surface area contributed by atoms with Crippen LogP contribution in [0.25, 0.3) is 0 Å². The zero-order valence-electron chi connectivity index (χ0n) is 19.0. The quantitative estimate of drug-likeness (QED) is 0.243. The number of benzene rings is 3. The minimum absolute atomic E-state index is 0.183. The molecule has 180 valence electrons. The number of carbonyl (C=O) groups excluding carboxylic acids is 1. The molecule has 0 fully saturated rings. The number of hydrogen-bond donors (Lipinski definition) is 1. The summed E-state index contributed by atoms with van der Waals surface area (Å²) in [6.07, 6.45) is 1.94. The first-order valence-corrected chi connectivity index (χ1v) is 14.9. The first-order valence-electron chi connectivity index (χ1n) is 10.7. The summed E-state index contributed by atoms with van der Waals surface area (Å²) in [6.45, 7) is 2.61. The number of halogens is 1. The third kappa shape index (κ3) is 6.95. The SMILES string of the molecule is CCN(c1ccc(C(=O)NCCSCc2ccc(Cl)cc2)cc1)S(=O)(=O)c1ccc(SC)cc1. The van der Waals surface area contributed by atoms with Crippen molar-refractivity contribution < 1.29 is 13.2 Å². The topological polar surface area (TPSA) is 66.5 Å². The molecular formula is C25H27ClN2O3S3. The summed E-state index contributed by atoms with van der Waals surface area (Å²) in [5.74, 6) is 1.45. The molecule has 3 aromatic carbocycles. The Bertz CT molecular complexity index is 1180. The Morgan fingerprint density at radius 2 is 1.62 bits per heavy atom. The molecule has 0 aliphatic heterocycles. The number of carbonyl (C=O) groups is 1. The highest BCUT2D eigenvalue weighted by atomic mass is 35.5. The van der Waals surface area contributed by atoms with Gasteiger partial charge in [0.1, 0.15) is 0 Å². The molecule has 3 aromatic rings. The number of anilines is 1. The van der Waals surface area contributed by atoms with E-state index in [1.54, 1.807) is 79.0 Å². The lowest BCUT2D eigenvalue weighted by Crippen LogP contribution is -2.31. The minimum Gasteiger partial charge on any atom is -0.351 e. The highest BCUT2D eigenvalue weighted by Crippen LogP contribution is 2.25. The molecule has 0 radical (unpaired) electrons. The van der Waals surface area contributed by atoms with E-state index in [-0.39, 0.29) is 17.3 Å². The van der Waals surface area contributed by atoms with Gasteiger partial charge in [-0.25, -0.2) is 8.42 Å². The Hall–Kier alpha value is -2.13. The van der Waals surface area contributed by atoms with Gasteiger partial charge in [-0.15, -0.1) is 11.8 Å². The maximum absolute atomic E-state index is 13.1. The van der Waals surface area contributed by atoms with Gasteiger partial charge >= 0.3 is 0 Å². The highest BCUT2D eigenvalue weighted by molar-refractivity contribution is 7.98. The molecule has 9 heteroatoms. The van der Waals surface area contributed by atoms with Crippen molar-refractivity contribution in [1.29, 1.82) is 0 Å². The second-order valence-corrected chi connectivity index (χ2v) is 11.6. The average molecular weight is 535 g/mol. The van der Waals surface area contributed by atoms with Crippen molar-refractivity contribution >= 4 is 56.7 Å². The van der Waals surface area contributed by atoms with Gasteiger partial charge in [0.2, 0.25) is 0 Å². The summed E-state index contributed by atoms with van der Waals surface area (Å²) in [7, 11) is -3.69. The number of nitrogens with zero attached hydrogens (tertiary/aromatic N) is 1. The molecule has 0 bridgehead atoms. The van der Waals surface area contributed by atoms with E-state index in [1.807, 2.05) is 30.5 Å². The van der Waals surface area contributed by atoms with Gasteiger partial charge in [0.15, 0.2) is 0 Å². The van der Waals surface area contributed by atoms with Crippen LogP contribution in [0.5, 0.6) is 0 Å². The molecule has 0 atom stereocenters. The highest BCUT2D eigenvalue weighted by Gasteiger charge is 2.23. The fourth-order valence-electron chi connectivity index (χ4n) is 3.25. The number of amides is 1. The molecule has 3 rings (SSSR count). The largest absolute Gasteiger partial charge is 0.351 e. The van der Waals surface area contributed by atoms with Gasteiger partial charge in [-0.3, -0.25) is 9.10 Å². The minimum atomic E-state index is -3.69. The van der Waals surface area contributed by atoms with E-state index < -0.39 is 10.0 Å². The third-order valence-electron chi connectivity index (χ3n) is 5.07. The average Bonchev–Trinajstić information content (AvgIpc) is 2.85. The monoisotopic (exact) mass is 534 g/mol. The van der Waals surface area contributed by atoms with Crippen molar-refractivity contribution in [3.05, 3.63) is 88.9 Å². The van der Waals surface area contributed by atoms with E-state index in [0.717, 1.165) is 21.4 Å². The van der Waals surface area contributed by atoms with Crippen LogP contribution in [0.1, 0.15) is 22.8 Å². The van der Waals surface area contributed by atoms with Crippen LogP contribution in [-0.2, 0) is 15.8 Å². The van der Waals surface area contributed by atoms with Gasteiger partial charge in [0.25, 0.3) is 15.9 Å². The van der Waals surface area contributed by atoms with E-state index in [1.165, 1.54) is 9.87 Å². The van der Waals surface area contributed by atoms with E-state index in [0.29, 0.717) is 17.8 Å². The Morgan fingerprint density at radius 3 is 2.21 bits per heavy atom. The maximum atomic E-state index is 13.1. The predicted octanol–water partition coefficient (Wildman–Crippen LogP) is 5.94. The van der Waals surface area contributed by atoms with Gasteiger partial charge in [0, 0.05) is 40.1 Å². The Labute approximate surface area is 215 Å². The second kappa shape index (κ2) is 12.5. The fourth-order valence-corrected chi connectivity index (χ4v) is 6.08. The lowest BCUT2D eigenvalue weighted by Gasteiger charge is -2.23. The van der Waals surface area contributed by atoms with Gasteiger partial charge < -0.3 is 5.32 Å². The van der Waals surface area contributed by atoms with Crippen molar-refractivity contribution in [3.8, 4) is 0 Å². The first kappa shape index (κ1) is 26.5. The van der Waals surface area contributed by atoms with Crippen LogP contribution >= 0.6 is 35.1 Å². The Balaban J connectivity index is 1.55. The van der Waals surface area contributed by atoms with E-state index >= 15 is 0 Å². The summed E-state index contributed by atoms with van der Waals surface area (Å²) in [5.41, 5.74) is 2.20. The normalized spacial score (nSPS) is 11.3. The van der Waals surface area contributed by atoms with Gasteiger partial charge in [-0.05, 0) is 79.4 Å². The number of sulfonamides is 1. The van der Waals surface area contributed by atoms with Crippen molar-refractivity contribution in [2.75, 3.05) is 29.4 Å². The van der Waals surface area contributed by atoms with Crippen LogP contribution in [-0.4, -0.2) is 39.4 Å². The summed E-state index contributed by atoms with van der Waals surface area (Å²) < 4.78 is 27.6. The summed E-state index contributed by atoms with van der Waals surface area (Å²) in [4.78, 5) is 13.7. The lowest BCUT2D eigenvalue weighted by molar-refractivity contribution is 0.0956. The summed E-state index contributed by atoms with van der Waals surface area (Å²) in [5, 5.41) is 3.63. The van der Waals surface area contributed by atoms with Crippen molar-refractivity contribution in [3.63, 3.8) is 0 Å². The number of thioether (sulfide) groups is 2. The fraction of sp³-hybridized carbons (Fsp3) is 0.240. The second-order valence-electron chi connectivity index (χ2n) is 7.33. The zero-order chi connectivity index (χ0) is 24.6. The van der Waals surface area contributed by atoms with Gasteiger partial charge in [-0.1, -0.05) is 23.7 Å². The lowest BCUT2D eigenvalue weighted by atomic mass is 10.2. The van der Waals surface area contributed by atoms with Crippen LogP contribution in [0.3, 0.4) is 0 Å². The smallest absolute Gasteiger partial charge is 0.264 e. The third-order valence-corrected chi connectivity index (χ3v) is 9.01. The van der Waals surface area contributed by atoms with Gasteiger partial charge in [0.05, 0.1) is 10.6 Å². The van der Waals surface area contributed by atoms with Crippen molar-refractivity contribution in [1.82, 2.24) is 5.32 Å². The molecule has 0 saturated heterocycles. The molecule has 0 aromatic heterocycles. The molecule has 0 saturated carbocycles. The molecule has 0 heterocycles. The molecule has 34 heavy (non-hydrogen) atoms. The van der Waals surface area contributed by atoms with E-state index in [9.17, 15) is 13.2 Å². The molecule has 0 unspecified atom stereocenters. The summed E-state index contributed by atoms with van der Waals surface area (Å²) in [6, 6.07) is 21.2. The van der Waals surface area contributed by atoms with E-state index in [4.69, 9.17) is 11.6 Å². The standard InChI is InChI=1S/C25H27ClN2O3S3/c1-3-28(34(30,31)24-14-12-23(32-2)13-15-24)22-10-6-20(7-11-22)25(29)27-16-17-33-18-19-4-8-21(26)9-5-19/h4-15H,3,16-18H2,1-2H3,(H,27,29). The van der Waals surface area contributed by atoms with Crippen molar-refractivity contribution in [2.45, 2.75) is 22.5 Å². The zero-order valence-corrected chi connectivity index (χ0v) is 22.2. The molecule has 0 spiro atoms. The van der Waals surface area contributed by atoms with Crippen LogP contribution in [0.15, 0.2) is 82.6 Å². The molecule has 1 N–H and O–H groups in total. The number of rotatable bonds is 11. The van der Waals surface area contributed by atoms with Gasteiger partial charge in [-0.2, -0.15) is 11.8 Å². The van der Waals surface area contributed by atoms with E-state index in [2.05, 4.69) is 5.32 Å².